The number of nitro groups is 2. The number of aromatic nitrogens is 2. The largest absolute Gasteiger partial charge is 0.449 e. The van der Waals surface area contributed by atoms with Crippen molar-refractivity contribution >= 4 is 28.1 Å². The lowest BCUT2D eigenvalue weighted by Gasteiger charge is -2.29. The van der Waals surface area contributed by atoms with Crippen LogP contribution in [0.3, 0.4) is 0 Å². The molecule has 12 heteroatoms. The highest BCUT2D eigenvalue weighted by Crippen LogP contribution is 2.42. The van der Waals surface area contributed by atoms with Gasteiger partial charge in [-0.25, -0.2) is 4.98 Å². The van der Waals surface area contributed by atoms with Crippen LogP contribution >= 0.6 is 0 Å². The first-order valence-electron chi connectivity index (χ1n) is 7.64. The second kappa shape index (κ2) is 6.42. The van der Waals surface area contributed by atoms with Gasteiger partial charge in [0, 0.05) is 5.54 Å². The molecule has 0 aliphatic heterocycles. The zero-order chi connectivity index (χ0) is 19.9. The molecule has 0 atom stereocenters. The van der Waals surface area contributed by atoms with Gasteiger partial charge in [-0.3, -0.25) is 20.2 Å². The number of imidazole rings is 1. The molecule has 0 saturated heterocycles. The maximum absolute atomic E-state index is 13.0. The number of H-pyrrole nitrogens is 1. The van der Waals surface area contributed by atoms with E-state index < -0.39 is 49.8 Å². The predicted octanol–water partition coefficient (Wildman–Crippen LogP) is 4.39. The van der Waals surface area contributed by atoms with Crippen LogP contribution in [0.4, 0.5) is 30.2 Å². The minimum Gasteiger partial charge on any atom is -0.373 e. The maximum Gasteiger partial charge on any atom is 0.449 e. The van der Waals surface area contributed by atoms with Crippen LogP contribution in [-0.2, 0) is 6.18 Å². The maximum atomic E-state index is 13.0. The Morgan fingerprint density at radius 2 is 1.69 bits per heavy atom. The molecule has 1 heterocycles. The average Bonchev–Trinajstić information content (AvgIpc) is 2.99. The van der Waals surface area contributed by atoms with Gasteiger partial charge in [0.2, 0.25) is 5.82 Å². The van der Waals surface area contributed by atoms with Crippen LogP contribution < -0.4 is 5.32 Å². The van der Waals surface area contributed by atoms with Gasteiger partial charge in [-0.15, -0.1) is 0 Å². The van der Waals surface area contributed by atoms with Crippen molar-refractivity contribution in [3.8, 4) is 0 Å². The highest BCUT2D eigenvalue weighted by Gasteiger charge is 2.39. The van der Waals surface area contributed by atoms with Gasteiger partial charge in [0.15, 0.2) is 5.52 Å². The van der Waals surface area contributed by atoms with Gasteiger partial charge in [-0.05, 0) is 19.8 Å². The summed E-state index contributed by atoms with van der Waals surface area (Å²) in [4.78, 5) is 25.9. The molecule has 0 fully saturated rings. The molecular weight excluding hydrogens is 359 g/mol. The van der Waals surface area contributed by atoms with Gasteiger partial charge >= 0.3 is 17.6 Å². The monoisotopic (exact) mass is 375 g/mol. The van der Waals surface area contributed by atoms with Crippen LogP contribution in [-0.4, -0.2) is 25.4 Å². The summed E-state index contributed by atoms with van der Waals surface area (Å²) in [5.74, 6) is -1.46. The van der Waals surface area contributed by atoms with Crippen molar-refractivity contribution in [1.82, 2.24) is 9.97 Å². The number of nitrogens with one attached hydrogen (secondary N) is 2. The van der Waals surface area contributed by atoms with E-state index in [0.717, 1.165) is 0 Å². The predicted molar refractivity (Wildman–Crippen MR) is 87.0 cm³/mol. The number of fused-ring (bicyclic) bond motifs is 1. The van der Waals surface area contributed by atoms with Gasteiger partial charge in [0.05, 0.1) is 15.9 Å². The zero-order valence-electron chi connectivity index (χ0n) is 14.1. The summed E-state index contributed by atoms with van der Waals surface area (Å²) in [7, 11) is 0. The van der Waals surface area contributed by atoms with E-state index in [0.29, 0.717) is 18.9 Å². The Balaban J connectivity index is 2.89. The Morgan fingerprint density at radius 3 is 2.12 bits per heavy atom. The Hall–Kier alpha value is -2.92. The number of hydrogen-bond donors (Lipinski definition) is 2. The lowest BCUT2D eigenvalue weighted by molar-refractivity contribution is -0.392. The fraction of sp³-hybridized carbons (Fsp3) is 0.500. The number of hydrogen-bond acceptors (Lipinski definition) is 6. The molecule has 0 radical (unpaired) electrons. The van der Waals surface area contributed by atoms with Gasteiger partial charge < -0.3 is 10.3 Å². The van der Waals surface area contributed by atoms with Crippen molar-refractivity contribution in [2.45, 2.75) is 45.3 Å². The van der Waals surface area contributed by atoms with Crippen molar-refractivity contribution in [3.05, 3.63) is 32.1 Å². The number of nitrogens with zero attached hydrogens (tertiary/aromatic N) is 3. The van der Waals surface area contributed by atoms with Crippen LogP contribution in [0.5, 0.6) is 0 Å². The summed E-state index contributed by atoms with van der Waals surface area (Å²) in [5, 5.41) is 25.5. The number of rotatable bonds is 6. The molecule has 9 nitrogen and oxygen atoms in total. The summed E-state index contributed by atoms with van der Waals surface area (Å²) in [6, 6.07) is 0.622. The smallest absolute Gasteiger partial charge is 0.373 e. The fourth-order valence-corrected chi connectivity index (χ4v) is 2.41. The normalized spacial score (nSPS) is 12.4. The Labute approximate surface area is 144 Å². The van der Waals surface area contributed by atoms with E-state index in [1.807, 2.05) is 4.98 Å². The first kappa shape index (κ1) is 19.4. The minimum absolute atomic E-state index is 0.259. The van der Waals surface area contributed by atoms with E-state index in [1.165, 1.54) is 0 Å². The van der Waals surface area contributed by atoms with Crippen LogP contribution in [0.1, 0.15) is 39.4 Å². The third-order valence-corrected chi connectivity index (χ3v) is 4.38. The minimum atomic E-state index is -4.89. The van der Waals surface area contributed by atoms with Crippen molar-refractivity contribution < 1.29 is 23.0 Å². The highest BCUT2D eigenvalue weighted by molar-refractivity contribution is 5.99. The summed E-state index contributed by atoms with van der Waals surface area (Å²) in [6.45, 7) is 5.35. The molecule has 0 spiro atoms. The van der Waals surface area contributed by atoms with E-state index in [-0.39, 0.29) is 5.69 Å². The number of non-ortho nitro benzene ring substituents is 1. The van der Waals surface area contributed by atoms with E-state index in [2.05, 4.69) is 10.3 Å². The van der Waals surface area contributed by atoms with E-state index >= 15 is 0 Å². The summed E-state index contributed by atoms with van der Waals surface area (Å²) >= 11 is 0. The molecule has 2 N–H and O–H groups in total. The Kier molecular flexibility index (Phi) is 4.79. The van der Waals surface area contributed by atoms with Crippen molar-refractivity contribution in [1.29, 1.82) is 0 Å². The third kappa shape index (κ3) is 3.39. The molecule has 26 heavy (non-hydrogen) atoms. The zero-order valence-corrected chi connectivity index (χ0v) is 14.1. The molecule has 2 aromatic rings. The second-order valence-electron chi connectivity index (χ2n) is 6.00. The van der Waals surface area contributed by atoms with Crippen LogP contribution in [0.2, 0.25) is 0 Å². The molecule has 0 amide bonds. The number of benzene rings is 1. The molecule has 0 saturated carbocycles. The molecule has 0 aliphatic carbocycles. The number of aromatic amines is 1. The van der Waals surface area contributed by atoms with Gasteiger partial charge in [0.1, 0.15) is 11.2 Å². The SMILES string of the molecule is CCC(C)(CC)Nc1c([N+](=O)[O-])cc([N+](=O)[O-])c2nc(C(F)(F)F)[nH]c12. The first-order chi connectivity index (χ1) is 11.9. The third-order valence-electron chi connectivity index (χ3n) is 4.38. The molecule has 2 rings (SSSR count). The Morgan fingerprint density at radius 1 is 1.15 bits per heavy atom. The standard InChI is InChI=1S/C14H16F3N5O4/c1-4-13(3,5-2)20-10-8(22(25)26)6-7(21(23)24)9-11(10)19-12(18-9)14(15,16)17/h6,20H,4-5H2,1-3H3,(H,18,19). The quantitative estimate of drug-likeness (QED) is 0.569. The fourth-order valence-electron chi connectivity index (χ4n) is 2.41. The van der Waals surface area contributed by atoms with Crippen LogP contribution in [0, 0.1) is 20.2 Å². The van der Waals surface area contributed by atoms with Gasteiger partial charge in [-0.1, -0.05) is 13.8 Å². The number of alkyl halides is 3. The van der Waals surface area contributed by atoms with E-state index in [1.54, 1.807) is 20.8 Å². The van der Waals surface area contributed by atoms with Crippen LogP contribution in [0.15, 0.2) is 6.07 Å². The van der Waals surface area contributed by atoms with E-state index in [9.17, 15) is 33.4 Å². The molecule has 1 aromatic carbocycles. The van der Waals surface area contributed by atoms with Gasteiger partial charge in [0.25, 0.3) is 0 Å². The molecule has 0 aliphatic rings. The second-order valence-corrected chi connectivity index (χ2v) is 6.00. The summed E-state index contributed by atoms with van der Waals surface area (Å²) in [6.07, 6.45) is -3.86. The summed E-state index contributed by atoms with van der Waals surface area (Å²) < 4.78 is 39.0. The summed E-state index contributed by atoms with van der Waals surface area (Å²) in [5.41, 5.74) is -3.52. The molecular formula is C14H16F3N5O4. The average molecular weight is 375 g/mol. The van der Waals surface area contributed by atoms with Crippen molar-refractivity contribution in [2.24, 2.45) is 0 Å². The topological polar surface area (TPSA) is 127 Å². The number of anilines is 1. The van der Waals surface area contributed by atoms with Gasteiger partial charge in [-0.2, -0.15) is 13.2 Å². The first-order valence-corrected chi connectivity index (χ1v) is 7.64. The lowest BCUT2D eigenvalue weighted by Crippen LogP contribution is -2.33. The molecule has 0 unspecified atom stereocenters. The lowest BCUT2D eigenvalue weighted by atomic mass is 9.94. The number of halogens is 3. The van der Waals surface area contributed by atoms with E-state index in [4.69, 9.17) is 0 Å². The molecule has 0 bridgehead atoms. The molecule has 1 aromatic heterocycles. The Bertz CT molecular complexity index is 874. The highest BCUT2D eigenvalue weighted by atomic mass is 19.4. The molecule has 142 valence electrons. The van der Waals surface area contributed by atoms with Crippen molar-refractivity contribution in [3.63, 3.8) is 0 Å². The van der Waals surface area contributed by atoms with Crippen molar-refractivity contribution in [2.75, 3.05) is 5.32 Å². The number of nitro benzene ring substituents is 2. The van der Waals surface area contributed by atoms with Crippen LogP contribution in [0.25, 0.3) is 11.0 Å².